The molecule has 0 atom stereocenters. The van der Waals surface area contributed by atoms with Gasteiger partial charge in [-0.05, 0) is 176 Å². The molecule has 0 unspecified atom stereocenters. The Morgan fingerprint density at radius 3 is 0.803 bits per heavy atom. The van der Waals surface area contributed by atoms with Crippen molar-refractivity contribution in [3.8, 4) is 11.5 Å². The molecule has 0 aromatic heterocycles. The van der Waals surface area contributed by atoms with E-state index >= 15 is 0 Å². The fraction of sp³-hybridized carbons (Fsp3) is 0.667. The fourth-order valence-electron chi connectivity index (χ4n) is 17.9. The molecule has 4 aliphatic rings. The molecular weight excluding hydrogens is 953 g/mol. The normalized spacial score (nSPS) is 20.4. The number of rotatable bonds is 24. The third kappa shape index (κ3) is 9.51. The maximum absolute atomic E-state index is 7.70. The van der Waals surface area contributed by atoms with Crippen LogP contribution in [-0.2, 0) is 43.3 Å². The zero-order chi connectivity index (χ0) is 55.3. The Hall–Kier alpha value is -3.09. The first kappa shape index (κ1) is 59.0. The Bertz CT molecular complexity index is 2410. The summed E-state index contributed by atoms with van der Waals surface area (Å²) in [6, 6.07) is 24.9. The highest BCUT2D eigenvalue weighted by molar-refractivity contribution is 7.19. The fourth-order valence-corrected chi connectivity index (χ4v) is 28.9. The van der Waals surface area contributed by atoms with Crippen LogP contribution in [0.2, 0.25) is 0 Å². The van der Waals surface area contributed by atoms with Gasteiger partial charge < -0.3 is 9.47 Å². The van der Waals surface area contributed by atoms with Crippen molar-refractivity contribution in [2.45, 2.75) is 296 Å². The molecule has 4 aromatic rings. The van der Waals surface area contributed by atoms with Gasteiger partial charge in [0.15, 0.2) is 0 Å². The van der Waals surface area contributed by atoms with E-state index in [0.717, 1.165) is 77.4 Å². The predicted molar refractivity (Wildman–Crippen MR) is 335 cm³/mol. The van der Waals surface area contributed by atoms with Crippen LogP contribution in [0.1, 0.15) is 298 Å². The minimum absolute atomic E-state index is 0.0361. The molecule has 76 heavy (non-hydrogen) atoms. The maximum Gasteiger partial charge on any atom is 0.127 e. The third-order valence-corrected chi connectivity index (χ3v) is 30.7. The SMILES string of the molecule is CCCCCCOc1c2c(c(/[Si](c3ccccc3)=[Si](\c3ccccc3)c3c4c(c(OCCCCCC)c5c3C(CC)(CC)CC5(C)C)C(C)(C)CC4(CC)CC)c3c1C(C)(C)CC3(CC)CC)C(CC)(CC)CC2(C)C. The van der Waals surface area contributed by atoms with Gasteiger partial charge in [0.2, 0.25) is 0 Å². The van der Waals surface area contributed by atoms with Crippen LogP contribution in [0.3, 0.4) is 0 Å². The molecule has 0 saturated heterocycles. The topological polar surface area (TPSA) is 18.5 Å². The second-order valence-electron chi connectivity index (χ2n) is 27.9. The molecule has 0 radical (unpaired) electrons. The van der Waals surface area contributed by atoms with Gasteiger partial charge in [-0.2, -0.15) is 0 Å². The lowest BCUT2D eigenvalue weighted by atomic mass is 9.72. The highest BCUT2D eigenvalue weighted by Crippen LogP contribution is 2.65. The van der Waals surface area contributed by atoms with Crippen LogP contribution in [0, 0.1) is 0 Å². The standard InChI is InChI=1S/C72H108O2Si2/c1-19-29-31-39-45-73-61-53-57(69(21-3,22-4)47-65(53,11)12)63(58-54(61)66(13,14)48-70(58,23-5)24-6)75(51-41-35-33-36-42-51)76(52-43-37-34-38-44-52)64-59-55(67(15,16)49-71(59,25-7)26-8)62(74-46-40-32-30-20-2)56-60(64)72(27-9,28-10)50-68(56,17)18/h33-38,41-44H,19-32,39-40,45-50H2,1-18H3/b76-75+. The van der Waals surface area contributed by atoms with E-state index in [1.807, 2.05) is 10.4 Å². The molecule has 4 aromatic carbocycles. The van der Waals surface area contributed by atoms with E-state index in [-0.39, 0.29) is 43.3 Å². The lowest BCUT2D eigenvalue weighted by Crippen LogP contribution is -2.58. The summed E-state index contributed by atoms with van der Waals surface area (Å²) in [6.07, 6.45) is 23.6. The lowest BCUT2D eigenvalue weighted by Gasteiger charge is -2.40. The Kier molecular flexibility index (Phi) is 17.4. The molecule has 0 fully saturated rings. The van der Waals surface area contributed by atoms with Gasteiger partial charge in [0.05, 0.1) is 29.0 Å². The van der Waals surface area contributed by atoms with Gasteiger partial charge in [-0.25, -0.2) is 0 Å². The summed E-state index contributed by atoms with van der Waals surface area (Å²) in [4.78, 5) is 0. The molecule has 416 valence electrons. The average molecular weight is 1060 g/mol. The molecule has 0 heterocycles. The van der Waals surface area contributed by atoms with Crippen molar-refractivity contribution in [1.29, 1.82) is 0 Å². The molecule has 0 N–H and O–H groups in total. The van der Waals surface area contributed by atoms with Crippen LogP contribution in [0.15, 0.2) is 60.7 Å². The van der Waals surface area contributed by atoms with E-state index < -0.39 is 15.8 Å². The average Bonchev–Trinajstić information content (AvgIpc) is 4.13. The van der Waals surface area contributed by atoms with Gasteiger partial charge >= 0.3 is 0 Å². The molecule has 0 saturated carbocycles. The van der Waals surface area contributed by atoms with E-state index in [9.17, 15) is 0 Å². The summed E-state index contributed by atoms with van der Waals surface area (Å²) in [7, 11) is -3.40. The van der Waals surface area contributed by atoms with E-state index in [1.165, 1.54) is 75.7 Å². The lowest BCUT2D eigenvalue weighted by molar-refractivity contribution is 0.282. The summed E-state index contributed by atoms with van der Waals surface area (Å²) in [6.45, 7) is 47.8. The van der Waals surface area contributed by atoms with E-state index in [0.29, 0.717) is 0 Å². The Morgan fingerprint density at radius 1 is 0.329 bits per heavy atom. The summed E-state index contributed by atoms with van der Waals surface area (Å²) < 4.78 is 15.4. The Balaban J connectivity index is 1.75. The number of benzene rings is 4. The largest absolute Gasteiger partial charge is 0.493 e. The van der Waals surface area contributed by atoms with Crippen molar-refractivity contribution in [3.05, 3.63) is 105 Å². The molecule has 2 nitrogen and oxygen atoms in total. The minimum atomic E-state index is -1.70. The van der Waals surface area contributed by atoms with Gasteiger partial charge in [-0.15, -0.1) is 0 Å². The van der Waals surface area contributed by atoms with E-state index in [1.54, 1.807) is 54.9 Å². The molecule has 0 spiro atoms. The highest BCUT2D eigenvalue weighted by atomic mass is 28.9. The van der Waals surface area contributed by atoms with Crippen LogP contribution in [-0.4, -0.2) is 29.0 Å². The van der Waals surface area contributed by atoms with Gasteiger partial charge in [0.1, 0.15) is 11.5 Å². The van der Waals surface area contributed by atoms with Crippen LogP contribution in [0.4, 0.5) is 0 Å². The van der Waals surface area contributed by atoms with Crippen LogP contribution in [0.25, 0.3) is 0 Å². The quantitative estimate of drug-likeness (QED) is 0.0514. The van der Waals surface area contributed by atoms with Crippen LogP contribution >= 0.6 is 0 Å². The predicted octanol–water partition coefficient (Wildman–Crippen LogP) is 17.6. The first-order valence-corrected chi connectivity index (χ1v) is 35.8. The zero-order valence-corrected chi connectivity index (χ0v) is 54.1. The molecule has 4 aliphatic carbocycles. The van der Waals surface area contributed by atoms with E-state index in [4.69, 9.17) is 9.47 Å². The maximum atomic E-state index is 7.70. The van der Waals surface area contributed by atoms with Gasteiger partial charge in [-0.3, -0.25) is 0 Å². The van der Waals surface area contributed by atoms with Crippen LogP contribution in [0.5, 0.6) is 11.5 Å². The number of ether oxygens (including phenoxy) is 2. The molecular formula is C72H108O2Si2. The first-order valence-electron chi connectivity index (χ1n) is 31.8. The Labute approximate surface area is 469 Å². The van der Waals surface area contributed by atoms with Gasteiger partial charge in [0, 0.05) is 22.3 Å². The molecule has 0 bridgehead atoms. The number of hydrogen-bond donors (Lipinski definition) is 0. The second-order valence-corrected chi connectivity index (χ2v) is 34.6. The van der Waals surface area contributed by atoms with Gasteiger partial charge in [-0.1, -0.05) is 224 Å². The van der Waals surface area contributed by atoms with Crippen molar-refractivity contribution >= 4 is 36.5 Å². The first-order chi connectivity index (χ1) is 36.2. The summed E-state index contributed by atoms with van der Waals surface area (Å²) in [5.74, 6) is 2.63. The second kappa shape index (κ2) is 22.5. The number of hydrogen-bond acceptors (Lipinski definition) is 2. The molecule has 0 aliphatic heterocycles. The van der Waals surface area contributed by atoms with Crippen molar-refractivity contribution in [2.75, 3.05) is 13.2 Å². The van der Waals surface area contributed by atoms with Crippen molar-refractivity contribution < 1.29 is 9.47 Å². The minimum Gasteiger partial charge on any atom is -0.493 e. The highest BCUT2D eigenvalue weighted by Gasteiger charge is 2.60. The van der Waals surface area contributed by atoms with Crippen molar-refractivity contribution in [1.82, 2.24) is 0 Å². The van der Waals surface area contributed by atoms with Crippen molar-refractivity contribution in [2.24, 2.45) is 0 Å². The number of unbranched alkanes of at least 4 members (excludes halogenated alkanes) is 6. The molecule has 4 heteroatoms. The smallest absolute Gasteiger partial charge is 0.127 e. The summed E-state index contributed by atoms with van der Waals surface area (Å²) >= 11 is 0. The van der Waals surface area contributed by atoms with E-state index in [2.05, 4.69) is 185 Å². The summed E-state index contributed by atoms with van der Waals surface area (Å²) in [5.41, 5.74) is 13.4. The van der Waals surface area contributed by atoms with Crippen molar-refractivity contribution in [3.63, 3.8) is 0 Å². The molecule has 0 amide bonds. The third-order valence-electron chi connectivity index (χ3n) is 21.6. The Morgan fingerprint density at radius 2 is 0.579 bits per heavy atom. The molecule has 8 rings (SSSR count). The van der Waals surface area contributed by atoms with Gasteiger partial charge in [0.25, 0.3) is 0 Å². The monoisotopic (exact) mass is 1060 g/mol. The number of fused-ring (bicyclic) bond motifs is 4. The summed E-state index contributed by atoms with van der Waals surface area (Å²) in [5, 5.41) is 6.91. The van der Waals surface area contributed by atoms with Crippen LogP contribution < -0.4 is 30.2 Å². The zero-order valence-electron chi connectivity index (χ0n) is 52.1.